The number of nitrogens with one attached hydrogen (secondary N) is 1. The van der Waals surface area contributed by atoms with Crippen molar-refractivity contribution in [3.63, 3.8) is 0 Å². The van der Waals surface area contributed by atoms with Gasteiger partial charge in [0.05, 0.1) is 12.1 Å². The molecule has 1 N–H and O–H groups in total. The maximum atomic E-state index is 6.19. The van der Waals surface area contributed by atoms with E-state index >= 15 is 0 Å². The molecule has 1 aromatic carbocycles. The summed E-state index contributed by atoms with van der Waals surface area (Å²) < 4.78 is 10.7. The number of hydrogen-bond acceptors (Lipinski definition) is 3. The average Bonchev–Trinajstić information content (AvgIpc) is 2.36. The first kappa shape index (κ1) is 15.7. The summed E-state index contributed by atoms with van der Waals surface area (Å²) >= 11 is 6.19. The van der Waals surface area contributed by atoms with Crippen LogP contribution < -0.4 is 14.8 Å². The van der Waals surface area contributed by atoms with Crippen molar-refractivity contribution < 1.29 is 9.47 Å². The quantitative estimate of drug-likeness (QED) is 0.779. The molecule has 1 aromatic rings. The van der Waals surface area contributed by atoms with Gasteiger partial charge in [0.2, 0.25) is 0 Å². The van der Waals surface area contributed by atoms with Crippen LogP contribution in [0.2, 0.25) is 5.02 Å². The number of terminal acetylenes is 1. The van der Waals surface area contributed by atoms with Crippen LogP contribution in [0.25, 0.3) is 0 Å². The Bertz CT molecular complexity index is 452. The van der Waals surface area contributed by atoms with Gasteiger partial charge in [0, 0.05) is 6.54 Å². The lowest BCUT2D eigenvalue weighted by molar-refractivity contribution is 0.331. The second kappa shape index (κ2) is 7.93. The lowest BCUT2D eigenvalue weighted by Gasteiger charge is -2.13. The Morgan fingerprint density at radius 3 is 2.74 bits per heavy atom. The van der Waals surface area contributed by atoms with Gasteiger partial charge in [0.1, 0.15) is 6.61 Å². The number of hydrogen-bond donors (Lipinski definition) is 1. The summed E-state index contributed by atoms with van der Waals surface area (Å²) in [6.07, 6.45) is 5.17. The molecule has 0 saturated carbocycles. The minimum atomic E-state index is 0.168. The van der Waals surface area contributed by atoms with E-state index in [2.05, 4.69) is 25.1 Å². The Morgan fingerprint density at radius 2 is 2.16 bits per heavy atom. The lowest BCUT2D eigenvalue weighted by atomic mass is 10.1. The highest BCUT2D eigenvalue weighted by Crippen LogP contribution is 2.36. The highest BCUT2D eigenvalue weighted by atomic mass is 35.5. The molecule has 0 spiro atoms. The van der Waals surface area contributed by atoms with Gasteiger partial charge in [-0.05, 0) is 30.2 Å². The summed E-state index contributed by atoms with van der Waals surface area (Å²) in [5, 5.41) is 3.87. The molecule has 0 saturated heterocycles. The highest BCUT2D eigenvalue weighted by Gasteiger charge is 2.11. The molecular formula is C15H20ClNO2. The zero-order valence-electron chi connectivity index (χ0n) is 11.6. The van der Waals surface area contributed by atoms with E-state index in [1.165, 1.54) is 0 Å². The van der Waals surface area contributed by atoms with Crippen LogP contribution in [-0.4, -0.2) is 20.3 Å². The molecule has 19 heavy (non-hydrogen) atoms. The van der Waals surface area contributed by atoms with Crippen LogP contribution in [0.3, 0.4) is 0 Å². The highest BCUT2D eigenvalue weighted by molar-refractivity contribution is 6.32. The number of benzene rings is 1. The summed E-state index contributed by atoms with van der Waals surface area (Å²) in [5.41, 5.74) is 1.05. The Balaban J connectivity index is 2.81. The molecule has 0 aliphatic rings. The first-order valence-electron chi connectivity index (χ1n) is 6.21. The number of halogens is 1. The van der Waals surface area contributed by atoms with Crippen molar-refractivity contribution >= 4 is 11.6 Å². The van der Waals surface area contributed by atoms with E-state index in [0.29, 0.717) is 22.4 Å². The van der Waals surface area contributed by atoms with Crippen molar-refractivity contribution in [3.8, 4) is 23.8 Å². The van der Waals surface area contributed by atoms with Gasteiger partial charge in [0.15, 0.2) is 11.5 Å². The van der Waals surface area contributed by atoms with Crippen molar-refractivity contribution in [2.75, 3.05) is 20.3 Å². The zero-order chi connectivity index (χ0) is 14.3. The van der Waals surface area contributed by atoms with E-state index in [1.54, 1.807) is 7.11 Å². The first-order valence-corrected chi connectivity index (χ1v) is 6.59. The summed E-state index contributed by atoms with van der Waals surface area (Å²) in [5.74, 6) is 4.11. The molecule has 0 heterocycles. The number of rotatable bonds is 7. The van der Waals surface area contributed by atoms with E-state index in [4.69, 9.17) is 27.5 Å². The molecule has 104 valence electrons. The minimum Gasteiger partial charge on any atom is -0.493 e. The van der Waals surface area contributed by atoms with Gasteiger partial charge in [-0.3, -0.25) is 0 Å². The van der Waals surface area contributed by atoms with E-state index in [-0.39, 0.29) is 6.61 Å². The predicted octanol–water partition coefficient (Wildman–Crippen LogP) is 3.11. The predicted molar refractivity (Wildman–Crippen MR) is 78.9 cm³/mol. The average molecular weight is 282 g/mol. The van der Waals surface area contributed by atoms with Gasteiger partial charge in [-0.1, -0.05) is 31.4 Å². The molecule has 4 heteroatoms. The van der Waals surface area contributed by atoms with Crippen LogP contribution in [0, 0.1) is 18.3 Å². The van der Waals surface area contributed by atoms with E-state index in [9.17, 15) is 0 Å². The largest absolute Gasteiger partial charge is 0.493 e. The van der Waals surface area contributed by atoms with Gasteiger partial charge in [-0.15, -0.1) is 6.42 Å². The molecule has 0 aromatic heterocycles. The van der Waals surface area contributed by atoms with Crippen LogP contribution in [0.5, 0.6) is 11.5 Å². The molecule has 0 bridgehead atoms. The fourth-order valence-corrected chi connectivity index (χ4v) is 1.92. The smallest absolute Gasteiger partial charge is 0.181 e. The molecule has 0 aliphatic carbocycles. The van der Waals surface area contributed by atoms with Crippen LogP contribution in [0.4, 0.5) is 0 Å². The summed E-state index contributed by atoms with van der Waals surface area (Å²) in [6, 6.07) is 3.77. The van der Waals surface area contributed by atoms with Gasteiger partial charge < -0.3 is 14.8 Å². The fraction of sp³-hybridized carbons (Fsp3) is 0.467. The maximum Gasteiger partial charge on any atom is 0.181 e. The van der Waals surface area contributed by atoms with Crippen LogP contribution in [-0.2, 0) is 6.54 Å². The monoisotopic (exact) mass is 281 g/mol. The SMILES string of the molecule is C#CCOc1c(Cl)cc(CNCC(C)C)cc1OC. The molecule has 0 unspecified atom stereocenters. The van der Waals surface area contributed by atoms with E-state index in [1.807, 2.05) is 12.1 Å². The normalized spacial score (nSPS) is 10.3. The van der Waals surface area contributed by atoms with E-state index < -0.39 is 0 Å². The van der Waals surface area contributed by atoms with E-state index in [0.717, 1.165) is 18.7 Å². The molecule has 0 fully saturated rings. The molecule has 0 radical (unpaired) electrons. The zero-order valence-corrected chi connectivity index (χ0v) is 12.4. The molecule has 0 aliphatic heterocycles. The van der Waals surface area contributed by atoms with Crippen molar-refractivity contribution in [2.45, 2.75) is 20.4 Å². The number of methoxy groups -OCH3 is 1. The molecule has 3 nitrogen and oxygen atoms in total. The third kappa shape index (κ3) is 5.02. The molecular weight excluding hydrogens is 262 g/mol. The topological polar surface area (TPSA) is 30.5 Å². The summed E-state index contributed by atoms with van der Waals surface area (Å²) in [7, 11) is 1.58. The Labute approximate surface area is 120 Å². The third-order valence-corrected chi connectivity index (χ3v) is 2.75. The maximum absolute atomic E-state index is 6.19. The molecule has 0 atom stereocenters. The summed E-state index contributed by atoms with van der Waals surface area (Å²) in [6.45, 7) is 6.19. The van der Waals surface area contributed by atoms with Gasteiger partial charge in [0.25, 0.3) is 0 Å². The van der Waals surface area contributed by atoms with Crippen molar-refractivity contribution in [1.29, 1.82) is 0 Å². The Morgan fingerprint density at radius 1 is 1.42 bits per heavy atom. The van der Waals surface area contributed by atoms with Crippen LogP contribution in [0.1, 0.15) is 19.4 Å². The number of ether oxygens (including phenoxy) is 2. The van der Waals surface area contributed by atoms with Crippen LogP contribution in [0.15, 0.2) is 12.1 Å². The summed E-state index contributed by atoms with van der Waals surface area (Å²) in [4.78, 5) is 0. The van der Waals surface area contributed by atoms with Crippen molar-refractivity contribution in [1.82, 2.24) is 5.32 Å². The van der Waals surface area contributed by atoms with Gasteiger partial charge in [-0.2, -0.15) is 0 Å². The second-order valence-electron chi connectivity index (χ2n) is 4.63. The lowest BCUT2D eigenvalue weighted by Crippen LogP contribution is -2.19. The minimum absolute atomic E-state index is 0.168. The Kier molecular flexibility index (Phi) is 6.55. The fourth-order valence-electron chi connectivity index (χ4n) is 1.63. The third-order valence-electron chi connectivity index (χ3n) is 2.47. The molecule has 1 rings (SSSR count). The van der Waals surface area contributed by atoms with Crippen molar-refractivity contribution in [2.24, 2.45) is 5.92 Å². The Hall–Kier alpha value is -1.37. The molecule has 0 amide bonds. The van der Waals surface area contributed by atoms with Gasteiger partial charge >= 0.3 is 0 Å². The van der Waals surface area contributed by atoms with Crippen LogP contribution >= 0.6 is 11.6 Å². The first-order chi connectivity index (χ1) is 9.08. The standard InChI is InChI=1S/C15H20ClNO2/c1-5-6-19-15-13(16)7-12(8-14(15)18-4)10-17-9-11(2)3/h1,7-8,11,17H,6,9-10H2,2-4H3. The van der Waals surface area contributed by atoms with Crippen molar-refractivity contribution in [3.05, 3.63) is 22.7 Å². The second-order valence-corrected chi connectivity index (χ2v) is 5.03. The van der Waals surface area contributed by atoms with Gasteiger partial charge in [-0.25, -0.2) is 0 Å².